The summed E-state index contributed by atoms with van der Waals surface area (Å²) >= 11 is -0.413. The van der Waals surface area contributed by atoms with E-state index in [4.69, 9.17) is 9.47 Å². The van der Waals surface area contributed by atoms with Gasteiger partial charge in [0.25, 0.3) is 0 Å². The molecule has 0 saturated heterocycles. The SMILES string of the molecule is CC(=O)Oc1ccccc1I.CCC[CH2][Sn]([CH2]CCC)([CH2]CCC)[c]1ccccc1OC(C)=O. The van der Waals surface area contributed by atoms with Gasteiger partial charge >= 0.3 is 153 Å². The van der Waals surface area contributed by atoms with Crippen LogP contribution in [0.1, 0.15) is 73.1 Å². The molecule has 0 aliphatic rings. The topological polar surface area (TPSA) is 52.6 Å². The van der Waals surface area contributed by atoms with Crippen LogP contribution in [0.3, 0.4) is 0 Å². The van der Waals surface area contributed by atoms with E-state index >= 15 is 0 Å². The second kappa shape index (κ2) is 17.4. The summed E-state index contributed by atoms with van der Waals surface area (Å²) in [5, 5.41) is 0. The summed E-state index contributed by atoms with van der Waals surface area (Å²) < 4.78 is 17.1. The van der Waals surface area contributed by atoms with Crippen LogP contribution in [0.25, 0.3) is 0 Å². The van der Waals surface area contributed by atoms with E-state index in [1.807, 2.05) is 30.3 Å². The van der Waals surface area contributed by atoms with Crippen LogP contribution < -0.4 is 13.1 Å². The summed E-state index contributed by atoms with van der Waals surface area (Å²) in [5.41, 5.74) is 0. The minimum atomic E-state index is -2.53. The molecule has 0 heterocycles. The van der Waals surface area contributed by atoms with Gasteiger partial charge in [-0.2, -0.15) is 0 Å². The van der Waals surface area contributed by atoms with Gasteiger partial charge in [-0.1, -0.05) is 12.1 Å². The van der Waals surface area contributed by atoms with Crippen LogP contribution in [0, 0.1) is 3.57 Å². The van der Waals surface area contributed by atoms with Gasteiger partial charge in [0.2, 0.25) is 0 Å². The molecule has 4 nitrogen and oxygen atoms in total. The van der Waals surface area contributed by atoms with E-state index in [0.717, 1.165) is 9.32 Å². The van der Waals surface area contributed by atoms with E-state index in [1.54, 1.807) is 6.07 Å². The number of carbonyl (C=O) groups excluding carboxylic acids is 2. The Balaban J connectivity index is 0.000000437. The summed E-state index contributed by atoms with van der Waals surface area (Å²) in [7, 11) is 0. The number of para-hydroxylation sites is 2. The fourth-order valence-electron chi connectivity index (χ4n) is 4.16. The zero-order valence-corrected chi connectivity index (χ0v) is 26.5. The van der Waals surface area contributed by atoms with E-state index in [1.165, 1.54) is 69.3 Å². The number of ether oxygens (including phenoxy) is 2. The Kier molecular flexibility index (Phi) is 15.8. The van der Waals surface area contributed by atoms with Crippen molar-refractivity contribution in [3.8, 4) is 11.5 Å². The predicted octanol–water partition coefficient (Wildman–Crippen LogP) is 7.88. The number of rotatable bonds is 12. The van der Waals surface area contributed by atoms with Crippen LogP contribution in [0.2, 0.25) is 13.3 Å². The van der Waals surface area contributed by atoms with Crippen LogP contribution in [-0.4, -0.2) is 30.3 Å². The maximum absolute atomic E-state index is 11.5. The van der Waals surface area contributed by atoms with Crippen LogP contribution in [-0.2, 0) is 9.59 Å². The molecule has 0 saturated carbocycles. The zero-order chi connectivity index (χ0) is 25.4. The molecule has 2 rings (SSSR count). The molecule has 0 spiro atoms. The quantitative estimate of drug-likeness (QED) is 0.0987. The first-order valence-electron chi connectivity index (χ1n) is 12.5. The Labute approximate surface area is 224 Å². The van der Waals surface area contributed by atoms with Crippen molar-refractivity contribution < 1.29 is 19.1 Å². The van der Waals surface area contributed by atoms with Crippen molar-refractivity contribution in [1.29, 1.82) is 0 Å². The van der Waals surface area contributed by atoms with Gasteiger partial charge in [-0.3, -0.25) is 4.79 Å². The Hall–Kier alpha value is -1.09. The number of carbonyl (C=O) groups is 2. The minimum absolute atomic E-state index is 0.195. The summed E-state index contributed by atoms with van der Waals surface area (Å²) in [4.78, 5) is 22.1. The molecular formula is C28H41IO4Sn. The Morgan fingerprint density at radius 1 is 0.706 bits per heavy atom. The molecular weight excluding hydrogens is 646 g/mol. The van der Waals surface area contributed by atoms with Gasteiger partial charge in [0.15, 0.2) is 0 Å². The third-order valence-corrected chi connectivity index (χ3v) is 22.4. The average molecular weight is 687 g/mol. The molecule has 0 amide bonds. The summed E-state index contributed by atoms with van der Waals surface area (Å²) in [6.07, 6.45) is 7.72. The van der Waals surface area contributed by atoms with Gasteiger partial charge in [-0.25, -0.2) is 0 Å². The van der Waals surface area contributed by atoms with Crippen molar-refractivity contribution in [2.45, 2.75) is 86.5 Å². The van der Waals surface area contributed by atoms with Crippen LogP contribution in [0.15, 0.2) is 48.5 Å². The average Bonchev–Trinajstić information content (AvgIpc) is 2.81. The molecule has 0 radical (unpaired) electrons. The zero-order valence-electron chi connectivity index (χ0n) is 21.5. The van der Waals surface area contributed by atoms with E-state index < -0.39 is 18.4 Å². The first-order valence-corrected chi connectivity index (χ1v) is 21.1. The molecule has 0 fully saturated rings. The molecule has 0 aliphatic heterocycles. The van der Waals surface area contributed by atoms with E-state index in [0.29, 0.717) is 5.75 Å². The van der Waals surface area contributed by atoms with Crippen molar-refractivity contribution in [1.82, 2.24) is 0 Å². The predicted molar refractivity (Wildman–Crippen MR) is 153 cm³/mol. The third kappa shape index (κ3) is 11.1. The maximum atomic E-state index is 11.5. The molecule has 2 aromatic rings. The second-order valence-electron chi connectivity index (χ2n) is 8.70. The molecule has 0 unspecified atom stereocenters. The summed E-state index contributed by atoms with van der Waals surface area (Å²) in [5.74, 6) is 1.01. The normalized spacial score (nSPS) is 10.8. The molecule has 188 valence electrons. The number of esters is 2. The summed E-state index contributed by atoms with van der Waals surface area (Å²) in [6.45, 7) is 9.76. The van der Waals surface area contributed by atoms with Crippen molar-refractivity contribution in [3.05, 3.63) is 52.1 Å². The number of hydrogen-bond acceptors (Lipinski definition) is 4. The molecule has 0 atom stereocenters. The summed E-state index contributed by atoms with van der Waals surface area (Å²) in [6, 6.07) is 15.8. The molecule has 0 aliphatic carbocycles. The van der Waals surface area contributed by atoms with Gasteiger partial charge in [-0.15, -0.1) is 0 Å². The monoisotopic (exact) mass is 688 g/mol. The molecule has 0 N–H and O–H groups in total. The fraction of sp³-hybridized carbons (Fsp3) is 0.500. The molecule has 0 aromatic heterocycles. The van der Waals surface area contributed by atoms with Gasteiger partial charge in [-0.05, 0) is 34.7 Å². The van der Waals surface area contributed by atoms with Crippen molar-refractivity contribution in [2.24, 2.45) is 0 Å². The van der Waals surface area contributed by atoms with Crippen molar-refractivity contribution in [3.63, 3.8) is 0 Å². The standard InChI is InChI=1S/C8H7IO2.C8H7O2.3C4H9.Sn/c1-6(10)11-8-5-3-2-4-7(8)9;1-7(9)10-8-5-3-2-4-6-8;3*1-3-4-2;/h2-5H,1H3;2-5H,1H3;3*1,3-4H2,2H3;. The van der Waals surface area contributed by atoms with Crippen molar-refractivity contribution in [2.75, 3.05) is 0 Å². The van der Waals surface area contributed by atoms with Crippen LogP contribution in [0.5, 0.6) is 11.5 Å². The van der Waals surface area contributed by atoms with E-state index in [-0.39, 0.29) is 11.9 Å². The molecule has 34 heavy (non-hydrogen) atoms. The van der Waals surface area contributed by atoms with E-state index in [9.17, 15) is 9.59 Å². The third-order valence-electron chi connectivity index (χ3n) is 5.83. The number of hydrogen-bond donors (Lipinski definition) is 0. The van der Waals surface area contributed by atoms with E-state index in [2.05, 4.69) is 55.5 Å². The Morgan fingerprint density at radius 2 is 1.12 bits per heavy atom. The number of halogens is 1. The molecule has 0 bridgehead atoms. The fourth-order valence-corrected chi connectivity index (χ4v) is 21.1. The Bertz CT molecular complexity index is 862. The first-order chi connectivity index (χ1) is 16.3. The number of benzene rings is 2. The van der Waals surface area contributed by atoms with Crippen LogP contribution >= 0.6 is 22.6 Å². The van der Waals surface area contributed by atoms with Gasteiger partial charge in [0.1, 0.15) is 5.75 Å². The van der Waals surface area contributed by atoms with Crippen LogP contribution in [0.4, 0.5) is 0 Å². The van der Waals surface area contributed by atoms with Gasteiger partial charge in [0, 0.05) is 6.92 Å². The molecule has 2 aromatic carbocycles. The van der Waals surface area contributed by atoms with Crippen molar-refractivity contribution >= 4 is 56.5 Å². The molecule has 6 heteroatoms. The number of unbranched alkanes of at least 4 members (excludes halogenated alkanes) is 3. The van der Waals surface area contributed by atoms with Gasteiger partial charge < -0.3 is 4.74 Å². The van der Waals surface area contributed by atoms with Gasteiger partial charge in [0.05, 0.1) is 3.57 Å². The Morgan fingerprint density at radius 3 is 1.56 bits per heavy atom. The first kappa shape index (κ1) is 30.9. The second-order valence-corrected chi connectivity index (χ2v) is 23.0.